The minimum Gasteiger partial charge on any atom is -0.319 e. The van der Waals surface area contributed by atoms with E-state index in [4.69, 9.17) is 0 Å². The van der Waals surface area contributed by atoms with Crippen molar-refractivity contribution in [3.63, 3.8) is 0 Å². The molecule has 0 bridgehead atoms. The lowest BCUT2D eigenvalue weighted by molar-refractivity contribution is 0.102. The summed E-state index contributed by atoms with van der Waals surface area (Å²) in [7, 11) is 4.05. The second kappa shape index (κ2) is 6.77. The van der Waals surface area contributed by atoms with Gasteiger partial charge in [-0.3, -0.25) is 9.48 Å². The predicted octanol–water partition coefficient (Wildman–Crippen LogP) is 3.27. The molecule has 1 heterocycles. The monoisotopic (exact) mass is 346 g/mol. The van der Waals surface area contributed by atoms with Crippen molar-refractivity contribution in [3.8, 4) is 11.1 Å². The van der Waals surface area contributed by atoms with Crippen LogP contribution in [-0.2, 0) is 13.0 Å². The first-order chi connectivity index (χ1) is 12.6. The Labute approximate surface area is 153 Å². The van der Waals surface area contributed by atoms with Crippen LogP contribution in [-0.4, -0.2) is 41.2 Å². The maximum absolute atomic E-state index is 12.6. The molecular formula is C21H22N4O. The highest BCUT2D eigenvalue weighted by Crippen LogP contribution is 2.36. The number of anilines is 1. The molecule has 0 unspecified atom stereocenters. The third kappa shape index (κ3) is 3.26. The number of benzene rings is 2. The summed E-state index contributed by atoms with van der Waals surface area (Å²) in [6, 6.07) is 14.4. The molecule has 0 spiro atoms. The Morgan fingerprint density at radius 3 is 2.81 bits per heavy atom. The van der Waals surface area contributed by atoms with Crippen molar-refractivity contribution in [2.24, 2.45) is 0 Å². The fraction of sp³-hybridized carbons (Fsp3) is 0.238. The largest absolute Gasteiger partial charge is 0.319 e. The average molecular weight is 346 g/mol. The minimum absolute atomic E-state index is 0.101. The van der Waals surface area contributed by atoms with Gasteiger partial charge in [-0.2, -0.15) is 5.10 Å². The standard InChI is InChI=1S/C21H22N4O/c1-24(2)9-10-25-14-18(13-22-25)23-21(26)16-7-8-20-17(12-16)11-15-5-3-4-6-19(15)20/h3-8,12-14H,9-11H2,1-2H3,(H,23,26). The van der Waals surface area contributed by atoms with Gasteiger partial charge in [0.2, 0.25) is 0 Å². The van der Waals surface area contributed by atoms with E-state index in [0.717, 1.165) is 25.2 Å². The van der Waals surface area contributed by atoms with Crippen LogP contribution >= 0.6 is 0 Å². The summed E-state index contributed by atoms with van der Waals surface area (Å²) < 4.78 is 1.84. The van der Waals surface area contributed by atoms with Gasteiger partial charge in [-0.15, -0.1) is 0 Å². The van der Waals surface area contributed by atoms with E-state index in [1.54, 1.807) is 6.20 Å². The van der Waals surface area contributed by atoms with Gasteiger partial charge >= 0.3 is 0 Å². The number of carbonyl (C=O) groups excluding carboxylic acids is 1. The van der Waals surface area contributed by atoms with Gasteiger partial charge in [-0.1, -0.05) is 30.3 Å². The Bertz CT molecular complexity index is 958. The summed E-state index contributed by atoms with van der Waals surface area (Å²) in [4.78, 5) is 14.7. The van der Waals surface area contributed by atoms with Crippen molar-refractivity contribution >= 4 is 11.6 Å². The Balaban J connectivity index is 1.47. The van der Waals surface area contributed by atoms with Crippen LogP contribution in [0.2, 0.25) is 0 Å². The molecule has 1 N–H and O–H groups in total. The van der Waals surface area contributed by atoms with Crippen LogP contribution in [0.4, 0.5) is 5.69 Å². The van der Waals surface area contributed by atoms with E-state index in [9.17, 15) is 4.79 Å². The number of hydrogen-bond acceptors (Lipinski definition) is 3. The normalized spacial score (nSPS) is 12.1. The van der Waals surface area contributed by atoms with Crippen LogP contribution in [0, 0.1) is 0 Å². The highest BCUT2D eigenvalue weighted by molar-refractivity contribution is 6.04. The molecule has 1 aliphatic rings. The molecule has 4 rings (SSSR count). The molecule has 26 heavy (non-hydrogen) atoms. The average Bonchev–Trinajstić information content (AvgIpc) is 3.23. The zero-order valence-electron chi connectivity index (χ0n) is 15.1. The van der Waals surface area contributed by atoms with Crippen molar-refractivity contribution in [3.05, 3.63) is 71.5 Å². The SMILES string of the molecule is CN(C)CCn1cc(NC(=O)c2ccc3c(c2)Cc2ccccc2-3)cn1. The van der Waals surface area contributed by atoms with Crippen LogP contribution in [0.5, 0.6) is 0 Å². The first kappa shape index (κ1) is 16.5. The summed E-state index contributed by atoms with van der Waals surface area (Å²) in [6.45, 7) is 1.69. The highest BCUT2D eigenvalue weighted by atomic mass is 16.1. The smallest absolute Gasteiger partial charge is 0.255 e. The summed E-state index contributed by atoms with van der Waals surface area (Å²) in [5, 5.41) is 7.24. The van der Waals surface area contributed by atoms with E-state index in [0.29, 0.717) is 5.56 Å². The summed E-state index contributed by atoms with van der Waals surface area (Å²) >= 11 is 0. The molecule has 132 valence electrons. The number of amides is 1. The van der Waals surface area contributed by atoms with E-state index in [1.807, 2.05) is 37.1 Å². The highest BCUT2D eigenvalue weighted by Gasteiger charge is 2.19. The van der Waals surface area contributed by atoms with Gasteiger partial charge in [0, 0.05) is 18.3 Å². The number of nitrogens with zero attached hydrogens (tertiary/aromatic N) is 3. The molecule has 2 aromatic carbocycles. The number of rotatable bonds is 5. The molecule has 0 saturated carbocycles. The molecule has 1 aliphatic carbocycles. The van der Waals surface area contributed by atoms with Crippen molar-refractivity contribution in [2.75, 3.05) is 26.0 Å². The van der Waals surface area contributed by atoms with Gasteiger partial charge in [0.15, 0.2) is 0 Å². The predicted molar refractivity (Wildman–Crippen MR) is 103 cm³/mol. The van der Waals surface area contributed by atoms with Gasteiger partial charge < -0.3 is 10.2 Å². The molecule has 0 fully saturated rings. The molecule has 0 aliphatic heterocycles. The molecule has 1 amide bonds. The second-order valence-corrected chi connectivity index (χ2v) is 6.96. The number of likely N-dealkylation sites (N-methyl/N-ethyl adjacent to an activating group) is 1. The van der Waals surface area contributed by atoms with Crippen LogP contribution in [0.3, 0.4) is 0 Å². The van der Waals surface area contributed by atoms with Crippen LogP contribution in [0.25, 0.3) is 11.1 Å². The molecule has 0 atom stereocenters. The van der Waals surface area contributed by atoms with Gasteiger partial charge in [0.25, 0.3) is 5.91 Å². The zero-order valence-corrected chi connectivity index (χ0v) is 15.1. The van der Waals surface area contributed by atoms with Gasteiger partial charge in [-0.25, -0.2) is 0 Å². The third-order valence-electron chi connectivity index (χ3n) is 4.72. The molecule has 3 aromatic rings. The summed E-state index contributed by atoms with van der Waals surface area (Å²) in [5.41, 5.74) is 6.43. The number of carbonyl (C=O) groups is 1. The van der Waals surface area contributed by atoms with E-state index >= 15 is 0 Å². The van der Waals surface area contributed by atoms with Crippen LogP contribution in [0.1, 0.15) is 21.5 Å². The maximum atomic E-state index is 12.6. The van der Waals surface area contributed by atoms with Crippen molar-refractivity contribution in [2.45, 2.75) is 13.0 Å². The van der Waals surface area contributed by atoms with E-state index in [-0.39, 0.29) is 5.91 Å². The fourth-order valence-electron chi connectivity index (χ4n) is 3.34. The Morgan fingerprint density at radius 2 is 1.96 bits per heavy atom. The molecule has 0 radical (unpaired) electrons. The maximum Gasteiger partial charge on any atom is 0.255 e. The molecule has 5 nitrogen and oxygen atoms in total. The lowest BCUT2D eigenvalue weighted by Crippen LogP contribution is -2.18. The molecule has 0 saturated heterocycles. The van der Waals surface area contributed by atoms with Gasteiger partial charge in [0.05, 0.1) is 18.4 Å². The van der Waals surface area contributed by atoms with Gasteiger partial charge in [-0.05, 0) is 54.9 Å². The third-order valence-corrected chi connectivity index (χ3v) is 4.72. The molecular weight excluding hydrogens is 324 g/mol. The lowest BCUT2D eigenvalue weighted by Gasteiger charge is -2.08. The summed E-state index contributed by atoms with van der Waals surface area (Å²) in [5.74, 6) is -0.101. The fourth-order valence-corrected chi connectivity index (χ4v) is 3.34. The Kier molecular flexibility index (Phi) is 4.31. The lowest BCUT2D eigenvalue weighted by atomic mass is 10.0. The number of aromatic nitrogens is 2. The number of hydrogen-bond donors (Lipinski definition) is 1. The van der Waals surface area contributed by atoms with E-state index in [1.165, 1.54) is 22.3 Å². The summed E-state index contributed by atoms with van der Waals surface area (Å²) in [6.07, 6.45) is 4.44. The van der Waals surface area contributed by atoms with Crippen molar-refractivity contribution in [1.82, 2.24) is 14.7 Å². The van der Waals surface area contributed by atoms with Crippen molar-refractivity contribution < 1.29 is 4.79 Å². The molecule has 5 heteroatoms. The Hall–Kier alpha value is -2.92. The topological polar surface area (TPSA) is 50.2 Å². The van der Waals surface area contributed by atoms with Crippen LogP contribution < -0.4 is 5.32 Å². The van der Waals surface area contributed by atoms with Crippen molar-refractivity contribution in [1.29, 1.82) is 0 Å². The first-order valence-electron chi connectivity index (χ1n) is 8.80. The van der Waals surface area contributed by atoms with E-state index in [2.05, 4.69) is 45.6 Å². The minimum atomic E-state index is -0.101. The second-order valence-electron chi connectivity index (χ2n) is 6.96. The van der Waals surface area contributed by atoms with Crippen LogP contribution in [0.15, 0.2) is 54.9 Å². The zero-order chi connectivity index (χ0) is 18.1. The first-order valence-corrected chi connectivity index (χ1v) is 8.80. The van der Waals surface area contributed by atoms with E-state index < -0.39 is 0 Å². The van der Waals surface area contributed by atoms with Gasteiger partial charge in [0.1, 0.15) is 0 Å². The number of nitrogens with one attached hydrogen (secondary N) is 1. The quantitative estimate of drug-likeness (QED) is 0.603. The number of fused-ring (bicyclic) bond motifs is 3. The Morgan fingerprint density at radius 1 is 1.15 bits per heavy atom. The molecule has 1 aromatic heterocycles.